The van der Waals surface area contributed by atoms with Crippen molar-refractivity contribution in [3.63, 3.8) is 0 Å². The van der Waals surface area contributed by atoms with Gasteiger partial charge in [-0.1, -0.05) is 6.07 Å². The third kappa shape index (κ3) is 4.18. The van der Waals surface area contributed by atoms with E-state index in [1.54, 1.807) is 24.3 Å². The zero-order chi connectivity index (χ0) is 17.0. The van der Waals surface area contributed by atoms with E-state index in [0.29, 0.717) is 24.3 Å². The first-order chi connectivity index (χ1) is 10.9. The van der Waals surface area contributed by atoms with Gasteiger partial charge in [0.05, 0.1) is 12.2 Å². The summed E-state index contributed by atoms with van der Waals surface area (Å²) in [5, 5.41) is 9.98. The van der Waals surface area contributed by atoms with E-state index in [0.717, 1.165) is 11.4 Å². The Labute approximate surface area is 135 Å². The number of benzene rings is 1. The zero-order valence-electron chi connectivity index (χ0n) is 13.9. The Balaban J connectivity index is 1.94. The number of nitrogens with one attached hydrogen (secondary N) is 2. The van der Waals surface area contributed by atoms with Gasteiger partial charge in [0.2, 0.25) is 5.91 Å². The lowest BCUT2D eigenvalue weighted by atomic mass is 10.2. The molecule has 0 spiro atoms. The second-order valence-corrected chi connectivity index (χ2v) is 5.54. The van der Waals surface area contributed by atoms with Crippen LogP contribution < -0.4 is 10.6 Å². The number of aromatic nitrogens is 2. The highest BCUT2D eigenvalue weighted by Crippen LogP contribution is 2.11. The summed E-state index contributed by atoms with van der Waals surface area (Å²) in [5.41, 5.74) is 4.43. The Hall–Kier alpha value is -2.63. The minimum absolute atomic E-state index is 0.164. The first-order valence-electron chi connectivity index (χ1n) is 7.55. The zero-order valence-corrected chi connectivity index (χ0v) is 13.9. The van der Waals surface area contributed by atoms with Crippen LogP contribution in [0.3, 0.4) is 0 Å². The van der Waals surface area contributed by atoms with Gasteiger partial charge in [-0.25, -0.2) is 0 Å². The molecule has 0 saturated carbocycles. The molecule has 1 aromatic heterocycles. The third-order valence-corrected chi connectivity index (χ3v) is 3.80. The van der Waals surface area contributed by atoms with Crippen molar-refractivity contribution in [1.29, 1.82) is 0 Å². The number of nitrogens with zero attached hydrogens (tertiary/aromatic N) is 2. The average Bonchev–Trinajstić information content (AvgIpc) is 2.74. The molecule has 0 aliphatic rings. The van der Waals surface area contributed by atoms with Crippen LogP contribution in [0.2, 0.25) is 0 Å². The molecule has 0 saturated heterocycles. The van der Waals surface area contributed by atoms with Crippen molar-refractivity contribution in [3.05, 3.63) is 46.8 Å². The van der Waals surface area contributed by atoms with Crippen molar-refractivity contribution in [2.75, 3.05) is 11.9 Å². The fourth-order valence-electron chi connectivity index (χ4n) is 2.32. The Morgan fingerprint density at radius 2 is 1.96 bits per heavy atom. The van der Waals surface area contributed by atoms with E-state index in [-0.39, 0.29) is 11.8 Å². The number of rotatable bonds is 5. The van der Waals surface area contributed by atoms with E-state index in [1.807, 2.05) is 25.5 Å². The lowest BCUT2D eigenvalue weighted by molar-refractivity contribution is -0.114. The minimum atomic E-state index is -0.171. The van der Waals surface area contributed by atoms with E-state index in [4.69, 9.17) is 0 Å². The van der Waals surface area contributed by atoms with E-state index in [2.05, 4.69) is 15.7 Å². The molecule has 2 amide bonds. The first kappa shape index (κ1) is 16.7. The van der Waals surface area contributed by atoms with Gasteiger partial charge >= 0.3 is 0 Å². The second-order valence-electron chi connectivity index (χ2n) is 5.54. The minimum Gasteiger partial charge on any atom is -0.350 e. The van der Waals surface area contributed by atoms with Gasteiger partial charge in [-0.2, -0.15) is 5.10 Å². The van der Waals surface area contributed by atoms with Gasteiger partial charge in [0.15, 0.2) is 0 Å². The molecule has 1 aromatic carbocycles. The number of anilines is 1. The first-order valence-corrected chi connectivity index (χ1v) is 7.55. The van der Waals surface area contributed by atoms with Gasteiger partial charge in [-0.05, 0) is 44.5 Å². The summed E-state index contributed by atoms with van der Waals surface area (Å²) in [6, 6.07) is 6.86. The van der Waals surface area contributed by atoms with Gasteiger partial charge in [0.1, 0.15) is 0 Å². The molecule has 0 fully saturated rings. The van der Waals surface area contributed by atoms with Crippen LogP contribution in [0, 0.1) is 20.8 Å². The van der Waals surface area contributed by atoms with Gasteiger partial charge in [0, 0.05) is 30.4 Å². The summed E-state index contributed by atoms with van der Waals surface area (Å²) in [5.74, 6) is -0.335. The fourth-order valence-corrected chi connectivity index (χ4v) is 2.32. The predicted octanol–water partition coefficient (Wildman–Crippen LogP) is 2.20. The number of carbonyl (C=O) groups excluding carboxylic acids is 2. The summed E-state index contributed by atoms with van der Waals surface area (Å²) in [6.07, 6.45) is 0. The molecule has 0 aliphatic carbocycles. The molecule has 0 unspecified atom stereocenters. The molecule has 2 rings (SSSR count). The number of aryl methyl sites for hydroxylation is 1. The Bertz CT molecular complexity index is 734. The maximum absolute atomic E-state index is 12.2. The Morgan fingerprint density at radius 3 is 2.57 bits per heavy atom. The quantitative estimate of drug-likeness (QED) is 0.888. The van der Waals surface area contributed by atoms with Crippen molar-refractivity contribution >= 4 is 17.5 Å². The van der Waals surface area contributed by atoms with Crippen LogP contribution in [0.1, 0.15) is 34.2 Å². The molecule has 0 bridgehead atoms. The summed E-state index contributed by atoms with van der Waals surface area (Å²) >= 11 is 0. The monoisotopic (exact) mass is 314 g/mol. The highest BCUT2D eigenvalue weighted by atomic mass is 16.2. The molecule has 23 heavy (non-hydrogen) atoms. The van der Waals surface area contributed by atoms with Crippen LogP contribution in [0.5, 0.6) is 0 Å². The second kappa shape index (κ2) is 7.09. The number of amides is 2. The van der Waals surface area contributed by atoms with E-state index < -0.39 is 0 Å². The maximum Gasteiger partial charge on any atom is 0.251 e. The van der Waals surface area contributed by atoms with Crippen LogP contribution in [-0.2, 0) is 11.3 Å². The van der Waals surface area contributed by atoms with Crippen molar-refractivity contribution in [3.8, 4) is 0 Å². The smallest absolute Gasteiger partial charge is 0.251 e. The largest absolute Gasteiger partial charge is 0.350 e. The van der Waals surface area contributed by atoms with Crippen LogP contribution in [-0.4, -0.2) is 28.1 Å². The topological polar surface area (TPSA) is 76.0 Å². The van der Waals surface area contributed by atoms with E-state index in [1.165, 1.54) is 12.5 Å². The summed E-state index contributed by atoms with van der Waals surface area (Å²) in [7, 11) is 0. The highest BCUT2D eigenvalue weighted by Gasteiger charge is 2.09. The predicted molar refractivity (Wildman–Crippen MR) is 89.5 cm³/mol. The molecular formula is C17H22N4O2. The van der Waals surface area contributed by atoms with Gasteiger partial charge < -0.3 is 10.6 Å². The molecular weight excluding hydrogens is 292 g/mol. The normalized spacial score (nSPS) is 10.4. The molecule has 2 aromatic rings. The molecule has 1 heterocycles. The van der Waals surface area contributed by atoms with E-state index >= 15 is 0 Å². The molecule has 6 heteroatoms. The highest BCUT2D eigenvalue weighted by molar-refractivity contribution is 5.96. The molecule has 122 valence electrons. The summed E-state index contributed by atoms with van der Waals surface area (Å²) < 4.78 is 1.90. The van der Waals surface area contributed by atoms with Gasteiger partial charge in [0.25, 0.3) is 5.91 Å². The SMILES string of the molecule is CC(=O)Nc1cccc(C(=O)NCCn2nc(C)c(C)c2C)c1. The van der Waals surface area contributed by atoms with Crippen molar-refractivity contribution in [2.45, 2.75) is 34.2 Å². The number of hydrogen-bond acceptors (Lipinski definition) is 3. The number of carbonyl (C=O) groups is 2. The van der Waals surface area contributed by atoms with E-state index in [9.17, 15) is 9.59 Å². The van der Waals surface area contributed by atoms with Crippen molar-refractivity contribution in [2.24, 2.45) is 0 Å². The lowest BCUT2D eigenvalue weighted by Gasteiger charge is -2.08. The maximum atomic E-state index is 12.2. The Kier molecular flexibility index (Phi) is 5.16. The van der Waals surface area contributed by atoms with Gasteiger partial charge in [-0.15, -0.1) is 0 Å². The average molecular weight is 314 g/mol. The van der Waals surface area contributed by atoms with Crippen LogP contribution >= 0.6 is 0 Å². The van der Waals surface area contributed by atoms with Gasteiger partial charge in [-0.3, -0.25) is 14.3 Å². The van der Waals surface area contributed by atoms with Crippen LogP contribution in [0.4, 0.5) is 5.69 Å². The molecule has 0 radical (unpaired) electrons. The fraction of sp³-hybridized carbons (Fsp3) is 0.353. The molecule has 2 N–H and O–H groups in total. The van der Waals surface area contributed by atoms with Crippen molar-refractivity contribution < 1.29 is 9.59 Å². The molecule has 0 atom stereocenters. The third-order valence-electron chi connectivity index (χ3n) is 3.80. The van der Waals surface area contributed by atoms with Crippen LogP contribution in [0.25, 0.3) is 0 Å². The van der Waals surface area contributed by atoms with Crippen molar-refractivity contribution in [1.82, 2.24) is 15.1 Å². The van der Waals surface area contributed by atoms with Crippen LogP contribution in [0.15, 0.2) is 24.3 Å². The Morgan fingerprint density at radius 1 is 1.22 bits per heavy atom. The molecule has 0 aliphatic heterocycles. The lowest BCUT2D eigenvalue weighted by Crippen LogP contribution is -2.27. The standard InChI is InChI=1S/C17H22N4O2/c1-11-12(2)20-21(13(11)3)9-8-18-17(23)15-6-5-7-16(10-15)19-14(4)22/h5-7,10H,8-9H2,1-4H3,(H,18,23)(H,19,22). The molecule has 6 nitrogen and oxygen atoms in total. The summed E-state index contributed by atoms with van der Waals surface area (Å²) in [4.78, 5) is 23.2. The number of hydrogen-bond donors (Lipinski definition) is 2. The summed E-state index contributed by atoms with van der Waals surface area (Å²) in [6.45, 7) is 8.59.